The fraction of sp³-hybridized carbons (Fsp3) is 0.250. The maximum absolute atomic E-state index is 11.0. The van der Waals surface area contributed by atoms with Crippen LogP contribution in [0.4, 0.5) is 5.82 Å². The van der Waals surface area contributed by atoms with Crippen molar-refractivity contribution in [3.8, 4) is 0 Å². The van der Waals surface area contributed by atoms with Crippen molar-refractivity contribution in [2.24, 2.45) is 0 Å². The Morgan fingerprint density at radius 3 is 2.72 bits per heavy atom. The van der Waals surface area contributed by atoms with Crippen LogP contribution in [0.5, 0.6) is 0 Å². The SMILES string of the molecule is O=CC=Cn1nc(NC2CCC2)c2c1CC(c1ccccc1)(c1cccs1)C=C2. The maximum atomic E-state index is 11.0. The normalized spacial score (nSPS) is 21.1. The largest absolute Gasteiger partial charge is 0.365 e. The number of carbonyl (C=O) groups excluding carboxylic acids is 1. The summed E-state index contributed by atoms with van der Waals surface area (Å²) in [7, 11) is 0. The Morgan fingerprint density at radius 1 is 1.17 bits per heavy atom. The first-order valence-electron chi connectivity index (χ1n) is 10.1. The topological polar surface area (TPSA) is 46.9 Å². The number of nitrogens with one attached hydrogen (secondary N) is 1. The lowest BCUT2D eigenvalue weighted by molar-refractivity contribution is -0.104. The Labute approximate surface area is 174 Å². The minimum absolute atomic E-state index is 0.233. The molecule has 0 aliphatic heterocycles. The molecule has 1 atom stereocenters. The zero-order valence-electron chi connectivity index (χ0n) is 16.1. The highest BCUT2D eigenvalue weighted by Gasteiger charge is 2.38. The van der Waals surface area contributed by atoms with E-state index in [1.165, 1.54) is 35.8 Å². The maximum Gasteiger partial charge on any atom is 0.156 e. The molecule has 0 amide bonds. The number of rotatable bonds is 6. The van der Waals surface area contributed by atoms with Gasteiger partial charge in [0.2, 0.25) is 0 Å². The number of thiophene rings is 1. The second-order valence-electron chi connectivity index (χ2n) is 7.73. The molecule has 3 aromatic rings. The Hall–Kier alpha value is -2.92. The lowest BCUT2D eigenvalue weighted by Gasteiger charge is -2.33. The molecule has 2 aliphatic carbocycles. The summed E-state index contributed by atoms with van der Waals surface area (Å²) in [6, 6.07) is 15.5. The van der Waals surface area contributed by atoms with Crippen molar-refractivity contribution < 1.29 is 4.79 Å². The average Bonchev–Trinajstić information content (AvgIpc) is 3.38. The first kappa shape index (κ1) is 18.1. The molecule has 0 spiro atoms. The Morgan fingerprint density at radius 2 is 2.03 bits per heavy atom. The minimum atomic E-state index is -0.233. The predicted octanol–water partition coefficient (Wildman–Crippen LogP) is 5.13. The molecule has 2 aromatic heterocycles. The van der Waals surface area contributed by atoms with Gasteiger partial charge in [-0.1, -0.05) is 48.6 Å². The predicted molar refractivity (Wildman–Crippen MR) is 119 cm³/mol. The number of benzene rings is 1. The van der Waals surface area contributed by atoms with E-state index >= 15 is 0 Å². The third-order valence-electron chi connectivity index (χ3n) is 6.03. The van der Waals surface area contributed by atoms with E-state index in [2.05, 4.69) is 65.3 Å². The molecule has 2 heterocycles. The first-order chi connectivity index (χ1) is 14.3. The standard InChI is InChI=1S/C24H23N3OS/c28-15-6-14-27-21-17-24(22-11-5-16-29-22,18-7-2-1-3-8-18)13-12-20(21)23(26-27)25-19-9-4-10-19/h1-3,5-8,11-16,19H,4,9-10,17H2,(H,25,26). The molecule has 1 N–H and O–H groups in total. The van der Waals surface area contributed by atoms with Gasteiger partial charge in [0.15, 0.2) is 5.82 Å². The van der Waals surface area contributed by atoms with Gasteiger partial charge in [0.05, 0.1) is 11.1 Å². The van der Waals surface area contributed by atoms with Crippen molar-refractivity contribution in [3.63, 3.8) is 0 Å². The van der Waals surface area contributed by atoms with Crippen molar-refractivity contribution in [2.45, 2.75) is 37.1 Å². The van der Waals surface area contributed by atoms with E-state index in [1.54, 1.807) is 17.5 Å². The van der Waals surface area contributed by atoms with Gasteiger partial charge in [-0.15, -0.1) is 11.3 Å². The van der Waals surface area contributed by atoms with Crippen molar-refractivity contribution in [1.29, 1.82) is 0 Å². The van der Waals surface area contributed by atoms with E-state index in [1.807, 2.05) is 4.68 Å². The molecule has 5 rings (SSSR count). The highest BCUT2D eigenvalue weighted by molar-refractivity contribution is 7.10. The zero-order valence-corrected chi connectivity index (χ0v) is 16.9. The summed E-state index contributed by atoms with van der Waals surface area (Å²) in [5, 5.41) is 10.5. The van der Waals surface area contributed by atoms with Gasteiger partial charge in [0.25, 0.3) is 0 Å². The number of aromatic nitrogens is 2. The smallest absolute Gasteiger partial charge is 0.156 e. The molecule has 29 heavy (non-hydrogen) atoms. The van der Waals surface area contributed by atoms with Gasteiger partial charge in [-0.05, 0) is 42.3 Å². The number of anilines is 1. The van der Waals surface area contributed by atoms with E-state index in [9.17, 15) is 4.79 Å². The molecule has 5 heteroatoms. The van der Waals surface area contributed by atoms with E-state index in [-0.39, 0.29) is 5.41 Å². The molecular formula is C24H23N3OS. The van der Waals surface area contributed by atoms with Crippen LogP contribution >= 0.6 is 11.3 Å². The Kier molecular flexibility index (Phi) is 4.68. The van der Waals surface area contributed by atoms with Gasteiger partial charge in [0.1, 0.15) is 6.29 Å². The fourth-order valence-electron chi connectivity index (χ4n) is 4.25. The van der Waals surface area contributed by atoms with Crippen molar-refractivity contribution in [1.82, 2.24) is 9.78 Å². The Balaban J connectivity index is 1.63. The van der Waals surface area contributed by atoms with Gasteiger partial charge in [0, 0.05) is 29.1 Å². The van der Waals surface area contributed by atoms with E-state index in [0.29, 0.717) is 6.04 Å². The first-order valence-corrected chi connectivity index (χ1v) is 11.0. The highest BCUT2D eigenvalue weighted by atomic mass is 32.1. The minimum Gasteiger partial charge on any atom is -0.365 e. The molecule has 1 saturated carbocycles. The lowest BCUT2D eigenvalue weighted by Crippen LogP contribution is -2.30. The van der Waals surface area contributed by atoms with Crippen LogP contribution in [-0.2, 0) is 16.6 Å². The second-order valence-corrected chi connectivity index (χ2v) is 8.68. The van der Waals surface area contributed by atoms with Crippen LogP contribution < -0.4 is 5.32 Å². The quantitative estimate of drug-likeness (QED) is 0.460. The average molecular weight is 402 g/mol. The molecule has 0 radical (unpaired) electrons. The monoisotopic (exact) mass is 401 g/mol. The zero-order chi connectivity index (χ0) is 19.7. The lowest BCUT2D eigenvalue weighted by atomic mass is 9.72. The van der Waals surface area contributed by atoms with Gasteiger partial charge in [-0.3, -0.25) is 4.79 Å². The van der Waals surface area contributed by atoms with Crippen LogP contribution in [0.2, 0.25) is 0 Å². The Bertz CT molecular complexity index is 1060. The molecule has 1 fully saturated rings. The third-order valence-corrected chi connectivity index (χ3v) is 7.08. The number of hydrogen-bond donors (Lipinski definition) is 1. The fourth-order valence-corrected chi connectivity index (χ4v) is 5.18. The van der Waals surface area contributed by atoms with Gasteiger partial charge < -0.3 is 5.32 Å². The van der Waals surface area contributed by atoms with E-state index < -0.39 is 0 Å². The van der Waals surface area contributed by atoms with Crippen LogP contribution in [0.25, 0.3) is 12.3 Å². The molecule has 1 aromatic carbocycles. The molecule has 0 bridgehead atoms. The van der Waals surface area contributed by atoms with Gasteiger partial charge in [-0.2, -0.15) is 5.10 Å². The third kappa shape index (κ3) is 3.15. The van der Waals surface area contributed by atoms with Crippen LogP contribution in [0.1, 0.15) is 41.0 Å². The van der Waals surface area contributed by atoms with Crippen LogP contribution in [0.15, 0.2) is 60.0 Å². The molecule has 2 aliphatic rings. The number of allylic oxidation sites excluding steroid dienone is 2. The summed E-state index contributed by atoms with van der Waals surface area (Å²) in [5.41, 5.74) is 3.30. The summed E-state index contributed by atoms with van der Waals surface area (Å²) in [6.45, 7) is 0. The van der Waals surface area contributed by atoms with Gasteiger partial charge >= 0.3 is 0 Å². The summed E-state index contributed by atoms with van der Waals surface area (Å²) in [6.07, 6.45) is 13.1. The molecule has 1 unspecified atom stereocenters. The van der Waals surface area contributed by atoms with Crippen LogP contribution in [0.3, 0.4) is 0 Å². The number of nitrogens with zero attached hydrogens (tertiary/aromatic N) is 2. The van der Waals surface area contributed by atoms with Crippen LogP contribution in [-0.4, -0.2) is 22.1 Å². The molecular weight excluding hydrogens is 378 g/mol. The van der Waals surface area contributed by atoms with Crippen LogP contribution in [0, 0.1) is 0 Å². The molecule has 146 valence electrons. The number of aldehydes is 1. The molecule has 0 saturated heterocycles. The summed E-state index contributed by atoms with van der Waals surface area (Å²) in [4.78, 5) is 12.3. The second kappa shape index (κ2) is 7.48. The summed E-state index contributed by atoms with van der Waals surface area (Å²) >= 11 is 1.78. The molecule has 4 nitrogen and oxygen atoms in total. The van der Waals surface area contributed by atoms with Gasteiger partial charge in [-0.25, -0.2) is 4.68 Å². The summed E-state index contributed by atoms with van der Waals surface area (Å²) in [5.74, 6) is 0.921. The van der Waals surface area contributed by atoms with Crippen molar-refractivity contribution >= 4 is 35.7 Å². The highest BCUT2D eigenvalue weighted by Crippen LogP contribution is 2.45. The number of hydrogen-bond acceptors (Lipinski definition) is 4. The van der Waals surface area contributed by atoms with Crippen molar-refractivity contribution in [2.75, 3.05) is 5.32 Å². The van der Waals surface area contributed by atoms with E-state index in [4.69, 9.17) is 5.10 Å². The summed E-state index contributed by atoms with van der Waals surface area (Å²) < 4.78 is 1.87. The van der Waals surface area contributed by atoms with Crippen molar-refractivity contribution in [3.05, 3.63) is 81.7 Å². The number of carbonyl (C=O) groups is 1. The van der Waals surface area contributed by atoms with E-state index in [0.717, 1.165) is 29.8 Å². The number of fused-ring (bicyclic) bond motifs is 1.